The van der Waals surface area contributed by atoms with Crippen LogP contribution >= 0.6 is 0 Å². The molecule has 0 saturated heterocycles. The summed E-state index contributed by atoms with van der Waals surface area (Å²) >= 11 is 0. The van der Waals surface area contributed by atoms with E-state index in [-0.39, 0.29) is 86.4 Å². The zero-order chi connectivity index (χ0) is 20.4. The van der Waals surface area contributed by atoms with E-state index in [4.69, 9.17) is 9.11 Å². The van der Waals surface area contributed by atoms with Gasteiger partial charge in [-0.05, 0) is 36.4 Å². The van der Waals surface area contributed by atoms with Crippen molar-refractivity contribution >= 4 is 48.3 Å². The van der Waals surface area contributed by atoms with Crippen LogP contribution in [0.1, 0.15) is 17.5 Å². The van der Waals surface area contributed by atoms with E-state index in [1.165, 1.54) is 12.1 Å². The summed E-state index contributed by atoms with van der Waals surface area (Å²) in [6.45, 7) is 0. The second kappa shape index (κ2) is 7.37. The van der Waals surface area contributed by atoms with Crippen LogP contribution in [0.3, 0.4) is 0 Å². The first-order valence-electron chi connectivity index (χ1n) is 7.54. The molecule has 0 radical (unpaired) electrons. The number of rotatable bonds is 3. The first-order chi connectivity index (χ1) is 13.0. The number of hydrogen-bond acceptors (Lipinski definition) is 7. The minimum Gasteiger partial charge on any atom is -1.00 e. The Hall–Kier alpha value is -1.42. The van der Waals surface area contributed by atoms with Gasteiger partial charge in [-0.1, -0.05) is 0 Å². The number of aliphatic imine (C=N–C) groups is 1. The topological polar surface area (TPSA) is 174 Å². The fourth-order valence-electron chi connectivity index (χ4n) is 2.91. The normalized spacial score (nSPS) is 13.9. The van der Waals surface area contributed by atoms with Crippen LogP contribution in [-0.2, 0) is 20.2 Å². The molecule has 0 bridgehead atoms. The summed E-state index contributed by atoms with van der Waals surface area (Å²) in [5.41, 5.74) is 0.0255. The summed E-state index contributed by atoms with van der Waals surface area (Å²) in [6.07, 6.45) is 0. The van der Waals surface area contributed by atoms with Crippen molar-refractivity contribution < 1.29 is 88.7 Å². The second-order valence-corrected chi connectivity index (χ2v) is 8.82. The van der Waals surface area contributed by atoms with Crippen LogP contribution in [-0.4, -0.2) is 47.5 Å². The van der Waals surface area contributed by atoms with Crippen molar-refractivity contribution in [3.8, 4) is 5.75 Å². The van der Waals surface area contributed by atoms with Gasteiger partial charge < -0.3 is 11.5 Å². The van der Waals surface area contributed by atoms with E-state index in [1.54, 1.807) is 0 Å². The molecule has 0 atom stereocenters. The molecule has 0 amide bonds. The van der Waals surface area contributed by atoms with Crippen molar-refractivity contribution in [1.29, 1.82) is 0 Å². The monoisotopic (exact) mass is 462 g/mol. The van der Waals surface area contributed by atoms with Gasteiger partial charge in [0.05, 0.1) is 21.0 Å². The van der Waals surface area contributed by atoms with Crippen molar-refractivity contribution in [2.24, 2.45) is 4.99 Å². The average molecular weight is 463 g/mol. The Morgan fingerprint density at radius 3 is 2.14 bits per heavy atom. The van der Waals surface area contributed by atoms with Crippen LogP contribution in [0.25, 0.3) is 10.9 Å². The third kappa shape index (κ3) is 3.85. The quantitative estimate of drug-likeness (QED) is 0.277. The zero-order valence-electron chi connectivity index (χ0n) is 15.6. The van der Waals surface area contributed by atoms with Crippen molar-refractivity contribution in [3.05, 3.63) is 47.7 Å². The van der Waals surface area contributed by atoms with Crippen LogP contribution in [0, 0.1) is 0 Å². The van der Waals surface area contributed by atoms with Gasteiger partial charge in [0.1, 0.15) is 11.4 Å². The molecule has 146 valence electrons. The van der Waals surface area contributed by atoms with Gasteiger partial charge in [-0.2, -0.15) is 16.8 Å². The number of benzene rings is 2. The first kappa shape index (κ1) is 22.3. The van der Waals surface area contributed by atoms with Crippen molar-refractivity contribution in [3.63, 3.8) is 0 Å². The molecule has 0 spiro atoms. The Bertz CT molecular complexity index is 1450. The Labute approximate surface area is 208 Å². The summed E-state index contributed by atoms with van der Waals surface area (Å²) in [7, 11) is -9.02. The van der Waals surface area contributed by atoms with Gasteiger partial charge in [0.2, 0.25) is 5.78 Å². The third-order valence-corrected chi connectivity index (χ3v) is 5.93. The number of hydrogen-bond donors (Lipinski definition) is 4. The molecule has 3 aromatic rings. The number of carbonyl (C=O) groups is 1. The second-order valence-electron chi connectivity index (χ2n) is 5.97. The molecule has 1 aliphatic heterocycles. The van der Waals surface area contributed by atoms with E-state index < -0.39 is 41.6 Å². The van der Waals surface area contributed by atoms with Crippen molar-refractivity contribution in [1.82, 2.24) is 4.98 Å². The molecule has 13 heteroatoms. The summed E-state index contributed by atoms with van der Waals surface area (Å²) in [4.78, 5) is 18.6. The minimum absolute atomic E-state index is 0. The maximum Gasteiger partial charge on any atom is 1.00 e. The van der Waals surface area contributed by atoms with Crippen molar-refractivity contribution in [2.45, 2.75) is 9.79 Å². The molecule has 10 nitrogen and oxygen atoms in total. The molecule has 1 aliphatic rings. The van der Waals surface area contributed by atoms with E-state index >= 15 is 0 Å². The number of nitrogens with one attached hydrogen (secondary N) is 1. The summed E-state index contributed by atoms with van der Waals surface area (Å²) in [6, 6.07) is 6.73. The number of aromatic amines is 1. The molecule has 0 fully saturated rings. The average Bonchev–Trinajstić information content (AvgIpc) is 3.10. The number of aromatic nitrogens is 1. The number of fused-ring (bicyclic) bond motifs is 2. The predicted molar refractivity (Wildman–Crippen MR) is 97.7 cm³/mol. The van der Waals surface area contributed by atoms with Gasteiger partial charge in [0.25, 0.3) is 20.2 Å². The number of nitrogens with zero attached hydrogens (tertiary/aromatic N) is 1. The van der Waals surface area contributed by atoms with Gasteiger partial charge >= 0.3 is 51.4 Å². The summed E-state index contributed by atoms with van der Waals surface area (Å²) < 4.78 is 63.4. The van der Waals surface area contributed by atoms with Crippen LogP contribution in [0.4, 0.5) is 5.69 Å². The van der Waals surface area contributed by atoms with Crippen LogP contribution in [0.15, 0.2) is 51.2 Å². The number of carbonyl (C=O) groups excluding carboxylic acids is 1. The summed E-state index contributed by atoms with van der Waals surface area (Å²) in [5.74, 6) is -1.16. The van der Waals surface area contributed by atoms with E-state index in [2.05, 4.69) is 9.98 Å². The third-order valence-electron chi connectivity index (χ3n) is 4.24. The van der Waals surface area contributed by atoms with E-state index in [9.17, 15) is 26.7 Å². The van der Waals surface area contributed by atoms with E-state index in [0.29, 0.717) is 0 Å². The largest absolute Gasteiger partial charge is 1.00 e. The molecular weight excluding hydrogens is 451 g/mol. The van der Waals surface area contributed by atoms with Crippen molar-refractivity contribution in [2.75, 3.05) is 0 Å². The maximum absolute atomic E-state index is 12.7. The van der Waals surface area contributed by atoms with Gasteiger partial charge in [0, 0.05) is 10.9 Å². The Balaban J connectivity index is 0.00000160. The van der Waals surface area contributed by atoms with Crippen LogP contribution < -0.4 is 51.4 Å². The summed E-state index contributed by atoms with van der Waals surface area (Å²) in [5, 5.41) is 10.5. The number of Topliss-reactive ketones (excluding diaryl/α,β-unsaturated/α-hetero) is 1. The molecule has 0 saturated carbocycles. The first-order valence-corrected chi connectivity index (χ1v) is 10.4. The Morgan fingerprint density at radius 2 is 1.52 bits per heavy atom. The molecule has 2 heterocycles. The Morgan fingerprint density at radius 1 is 0.931 bits per heavy atom. The van der Waals surface area contributed by atoms with Crippen LogP contribution in [0.2, 0.25) is 0 Å². The molecule has 4 rings (SSSR count). The number of aromatic hydroxyl groups is 1. The number of ketones is 1. The molecule has 0 unspecified atom stereocenters. The molecular formula is C16H11KN2O8S2. The van der Waals surface area contributed by atoms with Gasteiger partial charge in [-0.15, -0.1) is 0 Å². The standard InChI is InChI=1S/C16H10N2O8S2.K.H/c19-15-9-5-7(27(21,22)23)1-3-11(9)17-13(15)14-16(20)10-6-8(28(24,25)26)2-4-12(10)18-14;;/h1-6,17,19H,(H,21,22,23)(H,24,25,26);;/q;+1;-1. The van der Waals surface area contributed by atoms with E-state index in [1.807, 2.05) is 0 Å². The van der Waals surface area contributed by atoms with Gasteiger partial charge in [-0.25, -0.2) is 4.99 Å². The van der Waals surface area contributed by atoms with Gasteiger partial charge in [-0.3, -0.25) is 13.9 Å². The predicted octanol–water partition coefficient (Wildman–Crippen LogP) is -1.20. The fraction of sp³-hybridized carbons (Fsp3) is 0. The maximum atomic E-state index is 12.7. The van der Waals surface area contributed by atoms with E-state index in [0.717, 1.165) is 24.3 Å². The molecule has 4 N–H and O–H groups in total. The molecule has 2 aromatic carbocycles. The molecule has 29 heavy (non-hydrogen) atoms. The number of H-pyrrole nitrogens is 1. The smallest absolute Gasteiger partial charge is 1.00 e. The zero-order valence-corrected chi connectivity index (χ0v) is 19.4. The molecule has 1 aromatic heterocycles. The SMILES string of the molecule is O=C1C(c2[nH]c3ccc(S(=O)(=O)O)cc3c2O)=Nc2ccc(S(=O)(=O)O)cc21.[H-].[K+]. The molecule has 0 aliphatic carbocycles. The van der Waals surface area contributed by atoms with Crippen LogP contribution in [0.5, 0.6) is 5.75 Å². The van der Waals surface area contributed by atoms with Gasteiger partial charge in [0.15, 0.2) is 5.75 Å². The fourth-order valence-corrected chi connectivity index (χ4v) is 3.93. The Kier molecular flexibility index (Phi) is 5.66. The minimum atomic E-state index is -4.52.